The second-order valence-electron chi connectivity index (χ2n) is 4.88. The van der Waals surface area contributed by atoms with Crippen LogP contribution in [0.2, 0.25) is 0 Å². The van der Waals surface area contributed by atoms with Crippen molar-refractivity contribution in [2.24, 2.45) is 4.99 Å². The van der Waals surface area contributed by atoms with Crippen LogP contribution in [0, 0.1) is 0 Å². The first-order valence-electron chi connectivity index (χ1n) is 8.10. The van der Waals surface area contributed by atoms with Crippen molar-refractivity contribution in [2.45, 2.75) is 26.7 Å². The monoisotopic (exact) mass is 467 g/mol. The van der Waals surface area contributed by atoms with Crippen LogP contribution in [0.5, 0.6) is 11.5 Å². The first kappa shape index (κ1) is 23.2. The number of methoxy groups -OCH3 is 1. The Morgan fingerprint density at radius 1 is 1.21 bits per heavy atom. The Kier molecular flexibility index (Phi) is 14.0. The van der Waals surface area contributed by atoms with E-state index in [2.05, 4.69) is 28.8 Å². The molecule has 2 N–H and O–H groups in total. The molecule has 1 rings (SSSR count). The highest BCUT2D eigenvalue weighted by atomic mass is 127. The summed E-state index contributed by atoms with van der Waals surface area (Å²) in [6.45, 7) is 6.28. The van der Waals surface area contributed by atoms with Gasteiger partial charge in [0, 0.05) is 24.8 Å². The highest BCUT2D eigenvalue weighted by molar-refractivity contribution is 14.0. The number of nitrogens with zero attached hydrogens (tertiary/aromatic N) is 1. The van der Waals surface area contributed by atoms with E-state index in [0.717, 1.165) is 36.9 Å². The molecule has 138 valence electrons. The quantitative estimate of drug-likeness (QED) is 0.234. The molecule has 0 atom stereocenters. The number of aliphatic imine (C=N–C) groups is 1. The number of rotatable bonds is 10. The first-order valence-corrected chi connectivity index (χ1v) is 9.49. The average Bonchev–Trinajstić information content (AvgIpc) is 2.56. The Bertz CT molecular complexity index is 487. The lowest BCUT2D eigenvalue weighted by atomic mass is 10.2. The van der Waals surface area contributed by atoms with Gasteiger partial charge in [0.25, 0.3) is 0 Å². The number of anilines is 1. The van der Waals surface area contributed by atoms with Crippen molar-refractivity contribution in [3.8, 4) is 11.5 Å². The van der Waals surface area contributed by atoms with Crippen molar-refractivity contribution < 1.29 is 9.47 Å². The summed E-state index contributed by atoms with van der Waals surface area (Å²) in [6, 6.07) is 5.80. The number of halogens is 1. The zero-order valence-corrected chi connectivity index (χ0v) is 18.2. The summed E-state index contributed by atoms with van der Waals surface area (Å²) in [5, 5.41) is 6.57. The van der Waals surface area contributed by atoms with Crippen LogP contribution < -0.4 is 20.1 Å². The molecule has 1 aromatic carbocycles. The van der Waals surface area contributed by atoms with Gasteiger partial charge < -0.3 is 20.1 Å². The molecule has 24 heavy (non-hydrogen) atoms. The Morgan fingerprint density at radius 2 is 2.00 bits per heavy atom. The fraction of sp³-hybridized carbons (Fsp3) is 0.588. The number of guanidine groups is 1. The lowest BCUT2D eigenvalue weighted by molar-refractivity contribution is 0.311. The second-order valence-corrected chi connectivity index (χ2v) is 5.87. The zero-order valence-electron chi connectivity index (χ0n) is 15.1. The van der Waals surface area contributed by atoms with Crippen LogP contribution in [0.15, 0.2) is 23.2 Å². The van der Waals surface area contributed by atoms with Gasteiger partial charge in [-0.2, -0.15) is 11.8 Å². The van der Waals surface area contributed by atoms with E-state index in [1.54, 1.807) is 7.11 Å². The summed E-state index contributed by atoms with van der Waals surface area (Å²) in [5.41, 5.74) is 0.925. The second kappa shape index (κ2) is 14.5. The molecule has 0 saturated heterocycles. The molecule has 0 aliphatic rings. The maximum Gasteiger partial charge on any atom is 0.195 e. The summed E-state index contributed by atoms with van der Waals surface area (Å²) in [6.07, 6.45) is 4.43. The fourth-order valence-electron chi connectivity index (χ4n) is 2.01. The topological polar surface area (TPSA) is 54.9 Å². The lowest BCUT2D eigenvalue weighted by Gasteiger charge is -2.14. The van der Waals surface area contributed by atoms with E-state index >= 15 is 0 Å². The molecule has 5 nitrogen and oxygen atoms in total. The fourth-order valence-corrected chi connectivity index (χ4v) is 2.51. The normalized spacial score (nSPS) is 10.8. The maximum absolute atomic E-state index is 5.54. The van der Waals surface area contributed by atoms with Crippen LogP contribution in [0.25, 0.3) is 0 Å². The molecular weight excluding hydrogens is 437 g/mol. The molecule has 0 bridgehead atoms. The van der Waals surface area contributed by atoms with E-state index in [0.29, 0.717) is 12.4 Å². The van der Waals surface area contributed by atoms with Crippen LogP contribution in [-0.2, 0) is 0 Å². The SMILES string of the molecule is CCNC(=NCCCCSC)Nc1ccc(OCC)c(OC)c1.I. The number of benzene rings is 1. The van der Waals surface area contributed by atoms with Crippen LogP contribution in [0.1, 0.15) is 26.7 Å². The van der Waals surface area contributed by atoms with Crippen LogP contribution in [-0.4, -0.2) is 44.8 Å². The lowest BCUT2D eigenvalue weighted by Crippen LogP contribution is -2.30. The van der Waals surface area contributed by atoms with Gasteiger partial charge in [-0.1, -0.05) is 0 Å². The number of hydrogen-bond acceptors (Lipinski definition) is 4. The average molecular weight is 467 g/mol. The molecule has 0 spiro atoms. The highest BCUT2D eigenvalue weighted by Crippen LogP contribution is 2.30. The molecule has 0 amide bonds. The molecule has 0 saturated carbocycles. The Morgan fingerprint density at radius 3 is 2.62 bits per heavy atom. The number of nitrogens with one attached hydrogen (secondary N) is 2. The largest absolute Gasteiger partial charge is 0.493 e. The summed E-state index contributed by atoms with van der Waals surface area (Å²) in [7, 11) is 1.65. The van der Waals surface area contributed by atoms with Gasteiger partial charge in [-0.3, -0.25) is 4.99 Å². The van der Waals surface area contributed by atoms with Crippen molar-refractivity contribution >= 4 is 47.4 Å². The summed E-state index contributed by atoms with van der Waals surface area (Å²) in [5.74, 6) is 3.45. The molecule has 0 fully saturated rings. The van der Waals surface area contributed by atoms with Gasteiger partial charge in [0.1, 0.15) is 0 Å². The predicted octanol–water partition coefficient (Wildman–Crippen LogP) is 4.23. The third-order valence-corrected chi connectivity index (χ3v) is 3.79. The van der Waals surface area contributed by atoms with Crippen molar-refractivity contribution in [1.29, 1.82) is 0 Å². The van der Waals surface area contributed by atoms with Gasteiger partial charge in [-0.25, -0.2) is 0 Å². The molecule has 0 radical (unpaired) electrons. The minimum absolute atomic E-state index is 0. The zero-order chi connectivity index (χ0) is 16.9. The maximum atomic E-state index is 5.54. The van der Waals surface area contributed by atoms with Crippen molar-refractivity contribution in [3.63, 3.8) is 0 Å². The standard InChI is InChI=1S/C17H29N3O2S.HI/c1-5-18-17(19-11-7-8-12-23-4)20-14-9-10-15(22-6-2)16(13-14)21-3;/h9-10,13H,5-8,11-12H2,1-4H3,(H2,18,19,20);1H. The smallest absolute Gasteiger partial charge is 0.195 e. The van der Waals surface area contributed by atoms with E-state index < -0.39 is 0 Å². The van der Waals surface area contributed by atoms with E-state index in [-0.39, 0.29) is 24.0 Å². The number of hydrogen-bond donors (Lipinski definition) is 2. The molecule has 0 heterocycles. The van der Waals surface area contributed by atoms with Crippen molar-refractivity contribution in [1.82, 2.24) is 5.32 Å². The highest BCUT2D eigenvalue weighted by Gasteiger charge is 2.06. The van der Waals surface area contributed by atoms with Gasteiger partial charge >= 0.3 is 0 Å². The number of ether oxygens (including phenoxy) is 2. The molecule has 7 heteroatoms. The molecule has 1 aromatic rings. The van der Waals surface area contributed by atoms with Crippen molar-refractivity contribution in [2.75, 3.05) is 44.1 Å². The van der Waals surface area contributed by atoms with Crippen LogP contribution in [0.3, 0.4) is 0 Å². The van der Waals surface area contributed by atoms with Crippen LogP contribution >= 0.6 is 35.7 Å². The van der Waals surface area contributed by atoms with Crippen LogP contribution in [0.4, 0.5) is 5.69 Å². The van der Waals surface area contributed by atoms with E-state index in [9.17, 15) is 0 Å². The van der Waals surface area contributed by atoms with Gasteiger partial charge in [0.15, 0.2) is 17.5 Å². The van der Waals surface area contributed by atoms with Gasteiger partial charge in [0.05, 0.1) is 13.7 Å². The molecule has 0 aliphatic heterocycles. The Balaban J connectivity index is 0.00000529. The van der Waals surface area contributed by atoms with E-state index in [1.165, 1.54) is 12.2 Å². The predicted molar refractivity (Wildman–Crippen MR) is 117 cm³/mol. The van der Waals surface area contributed by atoms with E-state index in [4.69, 9.17) is 9.47 Å². The summed E-state index contributed by atoms with van der Waals surface area (Å²) < 4.78 is 10.9. The summed E-state index contributed by atoms with van der Waals surface area (Å²) in [4.78, 5) is 4.61. The van der Waals surface area contributed by atoms with Gasteiger partial charge in [0.2, 0.25) is 0 Å². The molecule has 0 aliphatic carbocycles. The molecule has 0 aromatic heterocycles. The first-order chi connectivity index (χ1) is 11.2. The minimum Gasteiger partial charge on any atom is -0.493 e. The van der Waals surface area contributed by atoms with Gasteiger partial charge in [-0.05, 0) is 50.8 Å². The summed E-state index contributed by atoms with van der Waals surface area (Å²) >= 11 is 1.88. The minimum atomic E-state index is 0. The number of thioether (sulfide) groups is 1. The van der Waals surface area contributed by atoms with E-state index in [1.807, 2.05) is 36.9 Å². The Labute approximate surface area is 167 Å². The third-order valence-electron chi connectivity index (χ3n) is 3.10. The van der Waals surface area contributed by atoms with Gasteiger partial charge in [-0.15, -0.1) is 24.0 Å². The molecular formula is C17H30IN3O2S. The van der Waals surface area contributed by atoms with Crippen molar-refractivity contribution in [3.05, 3.63) is 18.2 Å². The molecule has 0 unspecified atom stereocenters. The number of unbranched alkanes of at least 4 members (excludes halogenated alkanes) is 1. The Hall–Kier alpha value is -0.830. The third kappa shape index (κ3) is 8.86.